The molecule has 1 aliphatic rings. The number of methoxy groups -OCH3 is 2. The number of hydrogen-bond donors (Lipinski definition) is 0. The SMILES string of the molecule is CCOC(=O)C1(C(F)F)Cc2cc(OC)cc(OC)c2C1=O. The maximum Gasteiger partial charge on any atom is 0.326 e. The summed E-state index contributed by atoms with van der Waals surface area (Å²) in [4.78, 5) is 24.6. The molecular formula is C15H16F2O5. The van der Waals surface area contributed by atoms with Gasteiger partial charge in [0.15, 0.2) is 11.2 Å². The van der Waals surface area contributed by atoms with E-state index in [-0.39, 0.29) is 23.5 Å². The molecule has 0 bridgehead atoms. The molecule has 0 radical (unpaired) electrons. The smallest absolute Gasteiger partial charge is 0.326 e. The number of rotatable bonds is 5. The molecule has 0 saturated carbocycles. The standard InChI is InChI=1S/C15H16F2O5/c1-4-22-14(19)15(13(16)17)7-8-5-9(20-2)6-10(21-3)11(8)12(15)18/h5-6,13H,4,7H2,1-3H3. The number of halogens is 2. The Morgan fingerprint density at radius 3 is 2.50 bits per heavy atom. The van der Waals surface area contributed by atoms with E-state index in [0.29, 0.717) is 5.75 Å². The van der Waals surface area contributed by atoms with Crippen molar-refractivity contribution < 1.29 is 32.6 Å². The van der Waals surface area contributed by atoms with E-state index in [1.165, 1.54) is 33.3 Å². The van der Waals surface area contributed by atoms with E-state index in [0.717, 1.165) is 0 Å². The van der Waals surface area contributed by atoms with Crippen molar-refractivity contribution in [2.75, 3.05) is 20.8 Å². The molecule has 0 N–H and O–H groups in total. The van der Waals surface area contributed by atoms with Gasteiger partial charge in [0.2, 0.25) is 0 Å². The second-order valence-corrected chi connectivity index (χ2v) is 4.86. The lowest BCUT2D eigenvalue weighted by molar-refractivity contribution is -0.159. The van der Waals surface area contributed by atoms with Crippen LogP contribution in [0, 0.1) is 5.41 Å². The molecule has 0 fully saturated rings. The molecule has 1 aromatic rings. The lowest BCUT2D eigenvalue weighted by Crippen LogP contribution is -2.45. The number of fused-ring (bicyclic) bond motifs is 1. The van der Waals surface area contributed by atoms with Gasteiger partial charge in [-0.05, 0) is 18.6 Å². The van der Waals surface area contributed by atoms with E-state index in [1.54, 1.807) is 0 Å². The van der Waals surface area contributed by atoms with Crippen LogP contribution in [-0.4, -0.2) is 39.0 Å². The minimum atomic E-state index is -3.18. The fourth-order valence-corrected chi connectivity index (χ4v) is 2.61. The molecule has 0 saturated heterocycles. The second kappa shape index (κ2) is 5.90. The Kier molecular flexibility index (Phi) is 4.35. The molecular weight excluding hydrogens is 298 g/mol. The molecule has 22 heavy (non-hydrogen) atoms. The molecule has 0 heterocycles. The molecule has 1 atom stereocenters. The van der Waals surface area contributed by atoms with Gasteiger partial charge in [0, 0.05) is 12.5 Å². The molecule has 5 nitrogen and oxygen atoms in total. The van der Waals surface area contributed by atoms with Crippen molar-refractivity contribution in [3.8, 4) is 11.5 Å². The van der Waals surface area contributed by atoms with E-state index in [4.69, 9.17) is 14.2 Å². The number of carbonyl (C=O) groups excluding carboxylic acids is 2. The van der Waals surface area contributed by atoms with Crippen molar-refractivity contribution in [1.29, 1.82) is 0 Å². The van der Waals surface area contributed by atoms with Crippen molar-refractivity contribution in [1.82, 2.24) is 0 Å². The van der Waals surface area contributed by atoms with Gasteiger partial charge in [-0.25, -0.2) is 8.78 Å². The number of ether oxygens (including phenoxy) is 3. The van der Waals surface area contributed by atoms with Crippen LogP contribution in [-0.2, 0) is 16.0 Å². The minimum Gasteiger partial charge on any atom is -0.497 e. The number of alkyl halides is 2. The van der Waals surface area contributed by atoms with Crippen LogP contribution >= 0.6 is 0 Å². The van der Waals surface area contributed by atoms with E-state index in [9.17, 15) is 18.4 Å². The third-order valence-corrected chi connectivity index (χ3v) is 3.73. The van der Waals surface area contributed by atoms with Crippen LogP contribution in [0.4, 0.5) is 8.78 Å². The second-order valence-electron chi connectivity index (χ2n) is 4.86. The van der Waals surface area contributed by atoms with Crippen LogP contribution in [0.1, 0.15) is 22.8 Å². The van der Waals surface area contributed by atoms with Gasteiger partial charge in [-0.15, -0.1) is 0 Å². The first kappa shape index (κ1) is 16.2. The van der Waals surface area contributed by atoms with Gasteiger partial charge in [-0.3, -0.25) is 9.59 Å². The van der Waals surface area contributed by atoms with Gasteiger partial charge in [0.05, 0.1) is 26.4 Å². The van der Waals surface area contributed by atoms with Crippen LogP contribution in [0.2, 0.25) is 0 Å². The fourth-order valence-electron chi connectivity index (χ4n) is 2.61. The zero-order valence-electron chi connectivity index (χ0n) is 12.4. The number of carbonyl (C=O) groups is 2. The lowest BCUT2D eigenvalue weighted by atomic mass is 9.84. The van der Waals surface area contributed by atoms with E-state index >= 15 is 0 Å². The summed E-state index contributed by atoms with van der Waals surface area (Å²) in [5.41, 5.74) is -2.25. The van der Waals surface area contributed by atoms with Gasteiger partial charge in [0.1, 0.15) is 11.5 Å². The summed E-state index contributed by atoms with van der Waals surface area (Å²) < 4.78 is 42.1. The van der Waals surface area contributed by atoms with Crippen LogP contribution in [0.3, 0.4) is 0 Å². The summed E-state index contributed by atoms with van der Waals surface area (Å²) in [6.07, 6.45) is -3.62. The van der Waals surface area contributed by atoms with Crippen molar-refractivity contribution in [3.05, 3.63) is 23.3 Å². The third kappa shape index (κ3) is 2.20. The maximum atomic E-state index is 13.6. The lowest BCUT2D eigenvalue weighted by Gasteiger charge is -2.23. The number of benzene rings is 1. The van der Waals surface area contributed by atoms with E-state index in [2.05, 4.69) is 0 Å². The molecule has 120 valence electrons. The van der Waals surface area contributed by atoms with Crippen molar-refractivity contribution in [2.24, 2.45) is 5.41 Å². The summed E-state index contributed by atoms with van der Waals surface area (Å²) >= 11 is 0. The molecule has 1 aliphatic carbocycles. The molecule has 0 aliphatic heterocycles. The Morgan fingerprint density at radius 2 is 2.00 bits per heavy atom. The van der Waals surface area contributed by atoms with Crippen molar-refractivity contribution >= 4 is 11.8 Å². The average molecular weight is 314 g/mol. The largest absolute Gasteiger partial charge is 0.497 e. The number of esters is 1. The van der Waals surface area contributed by atoms with Crippen molar-refractivity contribution in [2.45, 2.75) is 19.8 Å². The Morgan fingerprint density at radius 1 is 1.32 bits per heavy atom. The van der Waals surface area contributed by atoms with Crippen LogP contribution < -0.4 is 9.47 Å². The molecule has 1 aromatic carbocycles. The monoisotopic (exact) mass is 314 g/mol. The number of ketones is 1. The van der Waals surface area contributed by atoms with Gasteiger partial charge in [0.25, 0.3) is 6.43 Å². The van der Waals surface area contributed by atoms with Gasteiger partial charge in [-0.2, -0.15) is 0 Å². The molecule has 1 unspecified atom stereocenters. The summed E-state index contributed by atoms with van der Waals surface area (Å²) in [7, 11) is 2.72. The van der Waals surface area contributed by atoms with Crippen LogP contribution in [0.25, 0.3) is 0 Å². The Labute approximate surface area is 126 Å². The first-order valence-corrected chi connectivity index (χ1v) is 6.67. The summed E-state index contributed by atoms with van der Waals surface area (Å²) in [5.74, 6) is -1.73. The molecule has 0 amide bonds. The Bertz CT molecular complexity index is 614. The van der Waals surface area contributed by atoms with Crippen molar-refractivity contribution in [3.63, 3.8) is 0 Å². The minimum absolute atomic E-state index is 0.0170. The zero-order valence-corrected chi connectivity index (χ0v) is 12.4. The maximum absolute atomic E-state index is 13.6. The van der Waals surface area contributed by atoms with Crippen LogP contribution in [0.5, 0.6) is 11.5 Å². The zero-order chi connectivity index (χ0) is 16.5. The van der Waals surface area contributed by atoms with Gasteiger partial charge in [-0.1, -0.05) is 0 Å². The topological polar surface area (TPSA) is 61.8 Å². The summed E-state index contributed by atoms with van der Waals surface area (Å²) in [6, 6.07) is 2.88. The van der Waals surface area contributed by atoms with Gasteiger partial charge >= 0.3 is 5.97 Å². The molecule has 7 heteroatoms. The highest BCUT2D eigenvalue weighted by molar-refractivity contribution is 6.17. The normalized spacial score (nSPS) is 20.0. The van der Waals surface area contributed by atoms with Crippen LogP contribution in [0.15, 0.2) is 12.1 Å². The molecule has 0 spiro atoms. The summed E-state index contributed by atoms with van der Waals surface area (Å²) in [5, 5.41) is 0. The van der Waals surface area contributed by atoms with Gasteiger partial charge < -0.3 is 14.2 Å². The first-order valence-electron chi connectivity index (χ1n) is 6.67. The number of Topliss-reactive ketones (excluding diaryl/α,β-unsaturated/α-hetero) is 1. The average Bonchev–Trinajstić information content (AvgIpc) is 2.80. The third-order valence-electron chi connectivity index (χ3n) is 3.73. The number of hydrogen-bond acceptors (Lipinski definition) is 5. The highest BCUT2D eigenvalue weighted by Crippen LogP contribution is 2.47. The molecule has 0 aromatic heterocycles. The quantitative estimate of drug-likeness (QED) is 0.616. The Balaban J connectivity index is 2.60. The van der Waals surface area contributed by atoms with E-state index in [1.807, 2.05) is 0 Å². The highest BCUT2D eigenvalue weighted by Gasteiger charge is 2.60. The Hall–Kier alpha value is -2.18. The fraction of sp³-hybridized carbons (Fsp3) is 0.467. The summed E-state index contributed by atoms with van der Waals surface area (Å²) in [6.45, 7) is 1.41. The molecule has 2 rings (SSSR count). The predicted molar refractivity (Wildman–Crippen MR) is 72.7 cm³/mol. The first-order chi connectivity index (χ1) is 10.4. The highest BCUT2D eigenvalue weighted by atomic mass is 19.3. The van der Waals surface area contributed by atoms with E-state index < -0.39 is 30.0 Å². The predicted octanol–water partition coefficient (Wildman–Crippen LogP) is 2.26.